The molecule has 1 N–H and O–H groups in total. The van der Waals surface area contributed by atoms with Crippen LogP contribution in [0.5, 0.6) is 0 Å². The topological polar surface area (TPSA) is 50.2 Å². The minimum absolute atomic E-state index is 0.160. The molecule has 16 heavy (non-hydrogen) atoms. The number of para-hydroxylation sites is 1. The van der Waals surface area contributed by atoms with Crippen LogP contribution in [0.15, 0.2) is 30.3 Å². The van der Waals surface area contributed by atoms with Crippen LogP contribution >= 0.6 is 0 Å². The van der Waals surface area contributed by atoms with E-state index in [9.17, 15) is 4.79 Å². The fourth-order valence-electron chi connectivity index (χ4n) is 1.84. The van der Waals surface area contributed by atoms with Crippen LogP contribution in [0.25, 0.3) is 10.9 Å². The minimum atomic E-state index is -0.765. The first-order valence-corrected chi connectivity index (χ1v) is 5.24. The van der Waals surface area contributed by atoms with Crippen LogP contribution in [-0.2, 0) is 11.2 Å². The van der Waals surface area contributed by atoms with Crippen molar-refractivity contribution in [1.82, 2.24) is 4.98 Å². The molecule has 0 unspecified atom stereocenters. The van der Waals surface area contributed by atoms with Crippen molar-refractivity contribution in [1.29, 1.82) is 0 Å². The molecule has 1 aromatic heterocycles. The van der Waals surface area contributed by atoms with Crippen LogP contribution in [0.4, 0.5) is 0 Å². The summed E-state index contributed by atoms with van der Waals surface area (Å²) in [6, 6.07) is 9.79. The Bertz CT molecular complexity index is 534. The molecule has 0 radical (unpaired) electrons. The van der Waals surface area contributed by atoms with Crippen LogP contribution < -0.4 is 0 Å². The number of aliphatic carboxylic acids is 1. The molecule has 0 spiro atoms. The Kier molecular flexibility index (Phi) is 2.86. The van der Waals surface area contributed by atoms with E-state index >= 15 is 0 Å². The zero-order valence-corrected chi connectivity index (χ0v) is 9.10. The highest BCUT2D eigenvalue weighted by atomic mass is 16.4. The number of carboxylic acid groups (broad SMARTS) is 1. The first-order valence-electron chi connectivity index (χ1n) is 5.24. The number of nitrogens with zero attached hydrogens (tertiary/aromatic N) is 1. The molecule has 0 aliphatic heterocycles. The Hall–Kier alpha value is -1.90. The summed E-state index contributed by atoms with van der Waals surface area (Å²) in [6.07, 6.45) is 0.715. The van der Waals surface area contributed by atoms with E-state index in [2.05, 4.69) is 4.98 Å². The molecule has 0 bridgehead atoms. The second-order valence-electron chi connectivity index (χ2n) is 3.83. The maximum atomic E-state index is 10.6. The molecule has 0 fully saturated rings. The third-order valence-electron chi connectivity index (χ3n) is 2.54. The van der Waals surface area contributed by atoms with E-state index in [1.54, 1.807) is 0 Å². The summed E-state index contributed by atoms with van der Waals surface area (Å²) in [5.41, 5.74) is 2.92. The maximum Gasteiger partial charge on any atom is 0.303 e. The van der Waals surface area contributed by atoms with Gasteiger partial charge in [0.05, 0.1) is 5.52 Å². The van der Waals surface area contributed by atoms with Crippen molar-refractivity contribution in [3.05, 3.63) is 41.6 Å². The number of carbonyl (C=O) groups is 1. The van der Waals surface area contributed by atoms with Crippen molar-refractivity contribution in [2.45, 2.75) is 19.8 Å². The fourth-order valence-corrected chi connectivity index (χ4v) is 1.84. The highest BCUT2D eigenvalue weighted by Crippen LogP contribution is 2.19. The second kappa shape index (κ2) is 4.31. The first-order chi connectivity index (χ1) is 7.66. The molecule has 2 aromatic rings. The summed E-state index contributed by atoms with van der Waals surface area (Å²) in [5.74, 6) is -0.765. The number of pyridine rings is 1. The van der Waals surface area contributed by atoms with Crippen LogP contribution in [0.1, 0.15) is 17.7 Å². The molecule has 0 saturated carbocycles. The smallest absolute Gasteiger partial charge is 0.303 e. The third kappa shape index (κ3) is 2.19. The van der Waals surface area contributed by atoms with E-state index in [1.165, 1.54) is 0 Å². The lowest BCUT2D eigenvalue weighted by atomic mass is 10.0. The standard InChI is InChI=1S/C13H13NO2/c1-9-8-10(6-7-13(15)16)11-4-2-3-5-12(11)14-9/h2-5,8H,6-7H2,1H3,(H,15,16). The molecular weight excluding hydrogens is 202 g/mol. The van der Waals surface area contributed by atoms with E-state index in [4.69, 9.17) is 5.11 Å². The Labute approximate surface area is 93.7 Å². The molecule has 0 aliphatic rings. The number of hydrogen-bond acceptors (Lipinski definition) is 2. The summed E-state index contributed by atoms with van der Waals surface area (Å²) in [4.78, 5) is 15.0. The first kappa shape index (κ1) is 10.6. The maximum absolute atomic E-state index is 10.6. The number of aromatic nitrogens is 1. The Balaban J connectivity index is 2.46. The van der Waals surface area contributed by atoms with Crippen molar-refractivity contribution in [3.8, 4) is 0 Å². The van der Waals surface area contributed by atoms with Gasteiger partial charge in [-0.05, 0) is 31.0 Å². The molecule has 3 heteroatoms. The Morgan fingerprint density at radius 1 is 1.38 bits per heavy atom. The summed E-state index contributed by atoms with van der Waals surface area (Å²) in [7, 11) is 0. The highest BCUT2D eigenvalue weighted by molar-refractivity contribution is 5.82. The quantitative estimate of drug-likeness (QED) is 0.856. The van der Waals surface area contributed by atoms with Crippen molar-refractivity contribution in [2.24, 2.45) is 0 Å². The number of fused-ring (bicyclic) bond motifs is 1. The Morgan fingerprint density at radius 2 is 2.12 bits per heavy atom. The van der Waals surface area contributed by atoms with Gasteiger partial charge in [-0.1, -0.05) is 18.2 Å². The molecule has 3 nitrogen and oxygen atoms in total. The molecule has 1 heterocycles. The third-order valence-corrected chi connectivity index (χ3v) is 2.54. The van der Waals surface area contributed by atoms with Gasteiger partial charge in [-0.3, -0.25) is 9.78 Å². The summed E-state index contributed by atoms with van der Waals surface area (Å²) >= 11 is 0. The van der Waals surface area contributed by atoms with E-state index < -0.39 is 5.97 Å². The monoisotopic (exact) mass is 215 g/mol. The van der Waals surface area contributed by atoms with Crippen molar-refractivity contribution in [2.75, 3.05) is 0 Å². The largest absolute Gasteiger partial charge is 0.481 e. The van der Waals surface area contributed by atoms with E-state index in [0.29, 0.717) is 6.42 Å². The second-order valence-corrected chi connectivity index (χ2v) is 3.83. The van der Waals surface area contributed by atoms with Crippen molar-refractivity contribution < 1.29 is 9.90 Å². The lowest BCUT2D eigenvalue weighted by molar-refractivity contribution is -0.136. The van der Waals surface area contributed by atoms with Crippen LogP contribution in [0, 0.1) is 6.92 Å². The summed E-state index contributed by atoms with van der Waals surface area (Å²) in [6.45, 7) is 1.93. The van der Waals surface area contributed by atoms with E-state index in [0.717, 1.165) is 22.2 Å². The van der Waals surface area contributed by atoms with Gasteiger partial charge >= 0.3 is 5.97 Å². The average Bonchev–Trinajstić information content (AvgIpc) is 2.25. The van der Waals surface area contributed by atoms with Gasteiger partial charge in [-0.15, -0.1) is 0 Å². The van der Waals surface area contributed by atoms with E-state index in [1.807, 2.05) is 37.3 Å². The average molecular weight is 215 g/mol. The number of carboxylic acids is 1. The highest BCUT2D eigenvalue weighted by Gasteiger charge is 2.05. The van der Waals surface area contributed by atoms with Gasteiger partial charge in [0.15, 0.2) is 0 Å². The normalized spacial score (nSPS) is 10.6. The summed E-state index contributed by atoms with van der Waals surface area (Å²) < 4.78 is 0. The fraction of sp³-hybridized carbons (Fsp3) is 0.231. The van der Waals surface area contributed by atoms with Crippen molar-refractivity contribution >= 4 is 16.9 Å². The molecule has 0 saturated heterocycles. The number of benzene rings is 1. The van der Waals surface area contributed by atoms with Gasteiger partial charge in [-0.2, -0.15) is 0 Å². The summed E-state index contributed by atoms with van der Waals surface area (Å²) in [5, 5.41) is 9.75. The van der Waals surface area contributed by atoms with Crippen LogP contribution in [-0.4, -0.2) is 16.1 Å². The van der Waals surface area contributed by atoms with Gasteiger partial charge in [0.2, 0.25) is 0 Å². The van der Waals surface area contributed by atoms with Gasteiger partial charge < -0.3 is 5.11 Å². The Morgan fingerprint density at radius 3 is 2.88 bits per heavy atom. The molecule has 82 valence electrons. The van der Waals surface area contributed by atoms with Gasteiger partial charge in [0.25, 0.3) is 0 Å². The zero-order chi connectivity index (χ0) is 11.5. The predicted octanol–water partition coefficient (Wildman–Crippen LogP) is 2.56. The van der Waals surface area contributed by atoms with Gasteiger partial charge in [0, 0.05) is 17.5 Å². The van der Waals surface area contributed by atoms with Crippen LogP contribution in [0.2, 0.25) is 0 Å². The SMILES string of the molecule is Cc1cc(CCC(=O)O)c2ccccc2n1. The molecule has 2 rings (SSSR count). The molecular formula is C13H13NO2. The number of rotatable bonds is 3. The molecule has 0 atom stereocenters. The van der Waals surface area contributed by atoms with Gasteiger partial charge in [0.1, 0.15) is 0 Å². The molecule has 1 aromatic carbocycles. The predicted molar refractivity (Wildman–Crippen MR) is 62.4 cm³/mol. The van der Waals surface area contributed by atoms with Crippen molar-refractivity contribution in [3.63, 3.8) is 0 Å². The number of hydrogen-bond donors (Lipinski definition) is 1. The van der Waals surface area contributed by atoms with Gasteiger partial charge in [-0.25, -0.2) is 0 Å². The lowest BCUT2D eigenvalue weighted by Gasteiger charge is -2.06. The van der Waals surface area contributed by atoms with E-state index in [-0.39, 0.29) is 6.42 Å². The minimum Gasteiger partial charge on any atom is -0.481 e. The molecule has 0 aliphatic carbocycles. The van der Waals surface area contributed by atoms with Crippen LogP contribution in [0.3, 0.4) is 0 Å². The zero-order valence-electron chi connectivity index (χ0n) is 9.10. The molecule has 0 amide bonds. The number of aryl methyl sites for hydroxylation is 2. The lowest BCUT2D eigenvalue weighted by Crippen LogP contribution is -1.99.